The molecular weight excluding hydrogens is 268 g/mol. The molecule has 2 aromatic heterocycles. The van der Waals surface area contributed by atoms with Gasteiger partial charge in [0.1, 0.15) is 17.3 Å². The number of nitriles is 1. The van der Waals surface area contributed by atoms with Crippen LogP contribution >= 0.6 is 0 Å². The Bertz CT molecular complexity index is 690. The monoisotopic (exact) mass is 278 g/mol. The number of furan rings is 1. The second-order valence-corrected chi connectivity index (χ2v) is 4.79. The van der Waals surface area contributed by atoms with Gasteiger partial charge in [-0.3, -0.25) is 4.21 Å². The van der Waals surface area contributed by atoms with Gasteiger partial charge in [-0.1, -0.05) is 0 Å². The molecule has 7 nitrogen and oxygen atoms in total. The van der Waals surface area contributed by atoms with Crippen LogP contribution in [-0.4, -0.2) is 27.5 Å². The van der Waals surface area contributed by atoms with Crippen LogP contribution in [0.4, 0.5) is 5.95 Å². The van der Waals surface area contributed by atoms with Crippen LogP contribution in [0.2, 0.25) is 0 Å². The molecule has 2 rings (SSSR count). The first-order valence-corrected chi connectivity index (χ1v) is 6.68. The first kappa shape index (κ1) is 13.0. The van der Waals surface area contributed by atoms with Gasteiger partial charge in [-0.25, -0.2) is 9.97 Å². The highest BCUT2D eigenvalue weighted by Gasteiger charge is 2.20. The summed E-state index contributed by atoms with van der Waals surface area (Å²) < 4.78 is 21.8. The number of nitrogens with zero attached hydrogens (tertiary/aromatic N) is 3. The Hall–Kier alpha value is -2.40. The molecule has 98 valence electrons. The Kier molecular flexibility index (Phi) is 3.48. The Balaban J connectivity index is 2.69. The summed E-state index contributed by atoms with van der Waals surface area (Å²) in [6, 6.07) is 5.09. The maximum Gasteiger partial charge on any atom is 0.284 e. The van der Waals surface area contributed by atoms with E-state index in [1.165, 1.54) is 13.4 Å². The molecule has 0 saturated heterocycles. The maximum absolute atomic E-state index is 11.6. The van der Waals surface area contributed by atoms with E-state index in [2.05, 4.69) is 9.97 Å². The zero-order valence-electron chi connectivity index (χ0n) is 10.2. The van der Waals surface area contributed by atoms with E-state index in [-0.39, 0.29) is 28.2 Å². The minimum atomic E-state index is -1.46. The fourth-order valence-electron chi connectivity index (χ4n) is 1.50. The number of hydrogen-bond acceptors (Lipinski definition) is 7. The van der Waals surface area contributed by atoms with E-state index in [1.54, 1.807) is 12.1 Å². The van der Waals surface area contributed by atoms with Crippen molar-refractivity contribution in [1.82, 2.24) is 9.97 Å². The predicted octanol–water partition coefficient (Wildman–Crippen LogP) is 0.936. The third-order valence-electron chi connectivity index (χ3n) is 2.29. The lowest BCUT2D eigenvalue weighted by Gasteiger charge is -2.05. The van der Waals surface area contributed by atoms with Crippen molar-refractivity contribution in [2.24, 2.45) is 0 Å². The first-order valence-electron chi connectivity index (χ1n) is 5.12. The lowest BCUT2D eigenvalue weighted by Crippen LogP contribution is -2.06. The fourth-order valence-corrected chi connectivity index (χ4v) is 2.15. The molecule has 0 saturated carbocycles. The van der Waals surface area contributed by atoms with Gasteiger partial charge >= 0.3 is 0 Å². The summed E-state index contributed by atoms with van der Waals surface area (Å²) in [6.07, 6.45) is 1.41. The van der Waals surface area contributed by atoms with E-state index < -0.39 is 10.8 Å². The Labute approximate surface area is 111 Å². The van der Waals surface area contributed by atoms with Crippen molar-refractivity contribution in [3.8, 4) is 23.5 Å². The van der Waals surface area contributed by atoms with Gasteiger partial charge in [-0.05, 0) is 6.07 Å². The molecule has 0 fully saturated rings. The quantitative estimate of drug-likeness (QED) is 0.830. The minimum Gasteiger partial charge on any atom is -0.468 e. The molecule has 0 amide bonds. The number of anilines is 1. The molecule has 2 heterocycles. The molecule has 1 atom stereocenters. The van der Waals surface area contributed by atoms with Gasteiger partial charge < -0.3 is 14.9 Å². The number of ether oxygens (including phenoxy) is 1. The Morgan fingerprint density at radius 1 is 1.47 bits per heavy atom. The molecule has 0 aliphatic rings. The summed E-state index contributed by atoms with van der Waals surface area (Å²) in [4.78, 5) is 7.79. The van der Waals surface area contributed by atoms with Crippen molar-refractivity contribution >= 4 is 16.7 Å². The molecule has 0 radical (unpaired) electrons. The van der Waals surface area contributed by atoms with Crippen molar-refractivity contribution in [2.45, 2.75) is 5.03 Å². The normalized spacial score (nSPS) is 11.8. The lowest BCUT2D eigenvalue weighted by molar-refractivity contribution is 0.308. The lowest BCUT2D eigenvalue weighted by atomic mass is 10.2. The van der Waals surface area contributed by atoms with Crippen LogP contribution in [0.1, 0.15) is 5.56 Å². The van der Waals surface area contributed by atoms with E-state index in [4.69, 9.17) is 14.9 Å². The summed E-state index contributed by atoms with van der Waals surface area (Å²) in [7, 11) is -0.00317. The van der Waals surface area contributed by atoms with Gasteiger partial charge in [-0.2, -0.15) is 5.26 Å². The molecule has 19 heavy (non-hydrogen) atoms. The van der Waals surface area contributed by atoms with E-state index >= 15 is 0 Å². The van der Waals surface area contributed by atoms with Gasteiger partial charge in [0.05, 0.1) is 17.9 Å². The summed E-state index contributed by atoms with van der Waals surface area (Å²) in [6.45, 7) is 0. The molecule has 1 unspecified atom stereocenters. The van der Waals surface area contributed by atoms with Gasteiger partial charge in [0.15, 0.2) is 10.8 Å². The number of nitrogen functional groups attached to an aromatic ring is 1. The first-order chi connectivity index (χ1) is 9.06. The van der Waals surface area contributed by atoms with Crippen LogP contribution in [0, 0.1) is 11.3 Å². The van der Waals surface area contributed by atoms with Crippen LogP contribution in [0.25, 0.3) is 11.5 Å². The second-order valence-electron chi connectivity index (χ2n) is 3.50. The Morgan fingerprint density at radius 2 is 2.21 bits per heavy atom. The van der Waals surface area contributed by atoms with Crippen LogP contribution < -0.4 is 10.5 Å². The van der Waals surface area contributed by atoms with E-state index in [0.29, 0.717) is 5.76 Å². The second kappa shape index (κ2) is 5.07. The third kappa shape index (κ3) is 2.41. The summed E-state index contributed by atoms with van der Waals surface area (Å²) in [5.41, 5.74) is 5.83. The van der Waals surface area contributed by atoms with Gasteiger partial charge in [0, 0.05) is 12.3 Å². The highest BCUT2D eigenvalue weighted by Crippen LogP contribution is 2.29. The zero-order valence-corrected chi connectivity index (χ0v) is 11.0. The molecule has 2 N–H and O–H groups in total. The SMILES string of the molecule is COc1ccc(-c2nc(N)nc(S(C)=O)c2C#N)o1. The molecule has 8 heteroatoms. The smallest absolute Gasteiger partial charge is 0.284 e. The summed E-state index contributed by atoms with van der Waals surface area (Å²) in [5.74, 6) is 0.499. The number of nitrogens with two attached hydrogens (primary N) is 1. The van der Waals surface area contributed by atoms with Crippen molar-refractivity contribution in [3.63, 3.8) is 0 Å². The summed E-state index contributed by atoms with van der Waals surface area (Å²) >= 11 is 0. The highest BCUT2D eigenvalue weighted by atomic mass is 32.2. The molecular formula is C11H10N4O3S. The van der Waals surface area contributed by atoms with Gasteiger partial charge in [0.2, 0.25) is 5.95 Å². The topological polar surface area (TPSA) is 115 Å². The maximum atomic E-state index is 11.6. The molecule has 0 spiro atoms. The van der Waals surface area contributed by atoms with Crippen LogP contribution in [0.15, 0.2) is 21.6 Å². The van der Waals surface area contributed by atoms with E-state index in [0.717, 1.165) is 0 Å². The van der Waals surface area contributed by atoms with Gasteiger partial charge in [-0.15, -0.1) is 0 Å². The minimum absolute atomic E-state index is 0.0745. The number of methoxy groups -OCH3 is 1. The van der Waals surface area contributed by atoms with E-state index in [9.17, 15) is 9.47 Å². The van der Waals surface area contributed by atoms with Crippen molar-refractivity contribution in [1.29, 1.82) is 5.26 Å². The third-order valence-corrected chi connectivity index (χ3v) is 3.13. The van der Waals surface area contributed by atoms with Crippen LogP contribution in [-0.2, 0) is 10.8 Å². The molecule has 2 aromatic rings. The number of rotatable bonds is 3. The summed E-state index contributed by atoms with van der Waals surface area (Å²) in [5, 5.41) is 9.27. The number of aromatic nitrogens is 2. The van der Waals surface area contributed by atoms with Crippen molar-refractivity contribution < 1.29 is 13.4 Å². The average Bonchev–Trinajstić information content (AvgIpc) is 2.86. The van der Waals surface area contributed by atoms with Gasteiger partial charge in [0.25, 0.3) is 5.95 Å². The fraction of sp³-hybridized carbons (Fsp3) is 0.182. The highest BCUT2D eigenvalue weighted by molar-refractivity contribution is 7.84. The van der Waals surface area contributed by atoms with Crippen LogP contribution in [0.5, 0.6) is 5.95 Å². The van der Waals surface area contributed by atoms with Crippen molar-refractivity contribution in [3.05, 3.63) is 17.7 Å². The number of hydrogen-bond donors (Lipinski definition) is 1. The molecule has 0 aliphatic heterocycles. The Morgan fingerprint density at radius 3 is 2.74 bits per heavy atom. The van der Waals surface area contributed by atoms with Crippen molar-refractivity contribution in [2.75, 3.05) is 19.1 Å². The molecule has 0 bridgehead atoms. The van der Waals surface area contributed by atoms with Crippen LogP contribution in [0.3, 0.4) is 0 Å². The standard InChI is InChI=1S/C11H10N4O3S/c1-17-8-4-3-7(18-8)9-6(5-12)10(19(2)16)15-11(13)14-9/h3-4H,1-2H3,(H2,13,14,15). The molecule has 0 aliphatic carbocycles. The van der Waals surface area contributed by atoms with E-state index in [1.807, 2.05) is 6.07 Å². The molecule has 0 aromatic carbocycles. The predicted molar refractivity (Wildman–Crippen MR) is 67.7 cm³/mol. The average molecular weight is 278 g/mol. The largest absolute Gasteiger partial charge is 0.468 e. The zero-order chi connectivity index (χ0) is 14.0.